The molecule has 0 fully saturated rings. The lowest BCUT2D eigenvalue weighted by Gasteiger charge is -2.10. The van der Waals surface area contributed by atoms with Gasteiger partial charge >= 0.3 is 5.97 Å². The molecule has 0 amide bonds. The van der Waals surface area contributed by atoms with Crippen LogP contribution < -0.4 is 5.73 Å². The number of hydrogen-bond donors (Lipinski definition) is 3. The average molecular weight is 387 g/mol. The number of carboxylic acids is 1. The van der Waals surface area contributed by atoms with Gasteiger partial charge in [-0.15, -0.1) is 0 Å². The quantitative estimate of drug-likeness (QED) is 0.339. The summed E-state index contributed by atoms with van der Waals surface area (Å²) >= 11 is 0. The number of aromatic nitrogens is 1. The Morgan fingerprint density at radius 1 is 1.14 bits per heavy atom. The Morgan fingerprint density at radius 3 is 2.48 bits per heavy atom. The van der Waals surface area contributed by atoms with E-state index in [0.29, 0.717) is 16.9 Å². The highest BCUT2D eigenvalue weighted by atomic mass is 19.1. The Bertz CT molecular complexity index is 1270. The van der Waals surface area contributed by atoms with Crippen molar-refractivity contribution in [3.8, 4) is 16.8 Å². The summed E-state index contributed by atoms with van der Waals surface area (Å²) in [4.78, 5) is 11.2. The van der Waals surface area contributed by atoms with Gasteiger partial charge in [-0.25, -0.2) is 9.18 Å². The third-order valence-electron chi connectivity index (χ3n) is 5.05. The zero-order chi connectivity index (χ0) is 20.7. The van der Waals surface area contributed by atoms with Crippen LogP contribution in [-0.2, 0) is 0 Å². The fourth-order valence-electron chi connectivity index (χ4n) is 3.71. The summed E-state index contributed by atoms with van der Waals surface area (Å²) in [5.41, 5.74) is 11.4. The number of halogens is 1. The van der Waals surface area contributed by atoms with Crippen LogP contribution in [0.3, 0.4) is 0 Å². The Hall–Kier alpha value is -3.93. The van der Waals surface area contributed by atoms with E-state index in [0.717, 1.165) is 27.7 Å². The van der Waals surface area contributed by atoms with Crippen LogP contribution in [0.5, 0.6) is 0 Å². The average Bonchev–Trinajstić information content (AvgIpc) is 2.98. The van der Waals surface area contributed by atoms with Crippen molar-refractivity contribution in [2.45, 2.75) is 6.92 Å². The van der Waals surface area contributed by atoms with E-state index in [2.05, 4.69) is 0 Å². The lowest BCUT2D eigenvalue weighted by atomic mass is 9.99. The highest BCUT2D eigenvalue weighted by Crippen LogP contribution is 2.38. The minimum atomic E-state index is -0.990. The van der Waals surface area contributed by atoms with E-state index >= 15 is 0 Å². The van der Waals surface area contributed by atoms with Crippen molar-refractivity contribution < 1.29 is 14.3 Å². The van der Waals surface area contributed by atoms with Crippen LogP contribution in [0.1, 0.15) is 21.6 Å². The van der Waals surface area contributed by atoms with Gasteiger partial charge in [-0.2, -0.15) is 0 Å². The van der Waals surface area contributed by atoms with E-state index in [-0.39, 0.29) is 11.4 Å². The number of carbonyl (C=O) groups is 1. The molecule has 1 heterocycles. The van der Waals surface area contributed by atoms with E-state index in [1.54, 1.807) is 36.4 Å². The van der Waals surface area contributed by atoms with Gasteiger partial charge in [0, 0.05) is 39.8 Å². The molecule has 0 atom stereocenters. The first-order valence-corrected chi connectivity index (χ1v) is 8.95. The maximum Gasteiger partial charge on any atom is 0.335 e. The number of anilines is 1. The van der Waals surface area contributed by atoms with Gasteiger partial charge in [0.05, 0.1) is 11.1 Å². The molecule has 0 radical (unpaired) electrons. The largest absolute Gasteiger partial charge is 0.478 e. The van der Waals surface area contributed by atoms with Gasteiger partial charge < -0.3 is 20.8 Å². The van der Waals surface area contributed by atoms with Crippen LogP contribution >= 0.6 is 0 Å². The summed E-state index contributed by atoms with van der Waals surface area (Å²) in [6, 6.07) is 16.5. The molecule has 0 aliphatic carbocycles. The fourth-order valence-corrected chi connectivity index (χ4v) is 3.71. The third kappa shape index (κ3) is 3.04. The lowest BCUT2D eigenvalue weighted by molar-refractivity contribution is 0.0697. The predicted molar refractivity (Wildman–Crippen MR) is 113 cm³/mol. The zero-order valence-electron chi connectivity index (χ0n) is 15.6. The number of fused-ring (bicyclic) bond motifs is 1. The van der Waals surface area contributed by atoms with Crippen LogP contribution in [0.25, 0.3) is 27.7 Å². The van der Waals surface area contributed by atoms with Crippen molar-refractivity contribution in [2.24, 2.45) is 0 Å². The highest BCUT2D eigenvalue weighted by molar-refractivity contribution is 6.04. The highest BCUT2D eigenvalue weighted by Gasteiger charge is 2.19. The lowest BCUT2D eigenvalue weighted by Crippen LogP contribution is -1.99. The summed E-state index contributed by atoms with van der Waals surface area (Å²) in [5, 5.41) is 17.6. The number of aromatic carboxylic acids is 1. The van der Waals surface area contributed by atoms with Gasteiger partial charge in [-0.1, -0.05) is 18.2 Å². The van der Waals surface area contributed by atoms with E-state index in [9.17, 15) is 9.18 Å². The molecule has 0 aliphatic rings. The van der Waals surface area contributed by atoms with Gasteiger partial charge in [0.25, 0.3) is 0 Å². The molecule has 5 nitrogen and oxygen atoms in total. The minimum Gasteiger partial charge on any atom is -0.478 e. The second-order valence-electron chi connectivity index (χ2n) is 6.80. The third-order valence-corrected chi connectivity index (χ3v) is 5.05. The van der Waals surface area contributed by atoms with Crippen molar-refractivity contribution in [3.63, 3.8) is 0 Å². The van der Waals surface area contributed by atoms with E-state index in [4.69, 9.17) is 16.2 Å². The molecule has 4 rings (SSSR count). The predicted octanol–water partition coefficient (Wildman–Crippen LogP) is 5.02. The molecule has 0 spiro atoms. The normalized spacial score (nSPS) is 11.0. The number of rotatable bonds is 4. The van der Waals surface area contributed by atoms with E-state index < -0.39 is 5.97 Å². The molecule has 0 bridgehead atoms. The van der Waals surface area contributed by atoms with Crippen LogP contribution in [0, 0.1) is 18.2 Å². The van der Waals surface area contributed by atoms with Gasteiger partial charge in [0.2, 0.25) is 0 Å². The molecule has 0 aliphatic heterocycles. The van der Waals surface area contributed by atoms with Crippen molar-refractivity contribution in [2.75, 3.05) is 5.73 Å². The molecule has 0 saturated carbocycles. The maximum absolute atomic E-state index is 13.9. The number of hydrogen-bond acceptors (Lipinski definition) is 3. The first-order chi connectivity index (χ1) is 13.9. The smallest absolute Gasteiger partial charge is 0.335 e. The van der Waals surface area contributed by atoms with Crippen molar-refractivity contribution in [1.29, 1.82) is 5.41 Å². The van der Waals surface area contributed by atoms with Crippen LogP contribution in [0.15, 0.2) is 60.7 Å². The molecule has 0 unspecified atom stereocenters. The van der Waals surface area contributed by atoms with Crippen molar-refractivity contribution in [1.82, 2.24) is 4.57 Å². The monoisotopic (exact) mass is 387 g/mol. The topological polar surface area (TPSA) is 92.1 Å². The van der Waals surface area contributed by atoms with Crippen LogP contribution in [-0.4, -0.2) is 21.9 Å². The summed E-state index contributed by atoms with van der Waals surface area (Å²) in [6.45, 7) is 1.92. The number of nitrogens with one attached hydrogen (secondary N) is 1. The summed E-state index contributed by atoms with van der Waals surface area (Å²) < 4.78 is 15.8. The second kappa shape index (κ2) is 6.91. The molecule has 0 saturated heterocycles. The summed E-state index contributed by atoms with van der Waals surface area (Å²) in [5.74, 6) is -1.34. The number of nitrogens with zero attached hydrogens (tertiary/aromatic N) is 1. The zero-order valence-corrected chi connectivity index (χ0v) is 15.6. The molecule has 1 aromatic heterocycles. The summed E-state index contributed by atoms with van der Waals surface area (Å²) in [7, 11) is 0. The van der Waals surface area contributed by atoms with E-state index in [1.165, 1.54) is 18.3 Å². The Balaban J connectivity index is 2.07. The van der Waals surface area contributed by atoms with Gasteiger partial charge in [0.15, 0.2) is 0 Å². The second-order valence-corrected chi connectivity index (χ2v) is 6.80. The first-order valence-electron chi connectivity index (χ1n) is 8.95. The molecule has 3 aromatic carbocycles. The SMILES string of the molecule is Cc1c(-c2ccc(C(=O)O)cc2)c2cc(N)c(C=N)cc2n1-c1cccc(F)c1. The number of nitrogens with two attached hydrogens (primary N) is 1. The molecule has 29 heavy (non-hydrogen) atoms. The van der Waals surface area contributed by atoms with Gasteiger partial charge in [-0.3, -0.25) is 0 Å². The van der Waals surface area contributed by atoms with Gasteiger partial charge in [0.1, 0.15) is 5.82 Å². The van der Waals surface area contributed by atoms with E-state index in [1.807, 2.05) is 23.6 Å². The summed E-state index contributed by atoms with van der Waals surface area (Å²) in [6.07, 6.45) is 1.19. The number of benzene rings is 3. The Kier molecular flexibility index (Phi) is 4.39. The Labute approximate surface area is 166 Å². The molecule has 144 valence electrons. The fraction of sp³-hybridized carbons (Fsp3) is 0.0435. The Morgan fingerprint density at radius 2 is 1.86 bits per heavy atom. The molecule has 4 N–H and O–H groups in total. The number of carboxylic acid groups (broad SMARTS) is 1. The standard InChI is InChI=1S/C23H18FN3O2/c1-13-22(14-5-7-15(8-6-14)23(28)29)19-11-20(26)16(12-25)9-21(19)27(13)18-4-2-3-17(24)10-18/h2-12,25H,26H2,1H3,(H,28,29). The molecule has 4 aromatic rings. The van der Waals surface area contributed by atoms with Crippen LogP contribution in [0.2, 0.25) is 0 Å². The maximum atomic E-state index is 13.9. The number of nitrogen functional groups attached to an aromatic ring is 1. The molecule has 6 heteroatoms. The molecular weight excluding hydrogens is 369 g/mol. The first kappa shape index (κ1) is 18.4. The van der Waals surface area contributed by atoms with Crippen LogP contribution in [0.4, 0.5) is 10.1 Å². The van der Waals surface area contributed by atoms with Crippen molar-refractivity contribution in [3.05, 3.63) is 83.3 Å². The van der Waals surface area contributed by atoms with Crippen molar-refractivity contribution >= 4 is 28.8 Å². The van der Waals surface area contributed by atoms with Gasteiger partial charge in [-0.05, 0) is 55.0 Å². The molecular formula is C23H18FN3O2. The minimum absolute atomic E-state index is 0.200.